The molecule has 2 heterocycles. The molecule has 170 valence electrons. The average Bonchev–Trinajstić information content (AvgIpc) is 3.21. The number of nitrogens with zero attached hydrogens (tertiary/aromatic N) is 1. The molecule has 2 N–H and O–H groups in total. The van der Waals surface area contributed by atoms with Crippen LogP contribution in [-0.2, 0) is 10.4 Å². The van der Waals surface area contributed by atoms with E-state index in [1.165, 1.54) is 24.4 Å². The first-order valence-electron chi connectivity index (χ1n) is 9.31. The Kier molecular flexibility index (Phi) is 6.28. The summed E-state index contributed by atoms with van der Waals surface area (Å²) in [5.41, 5.74) is 0.0937. The number of carbonyl (C=O) groups is 1. The highest BCUT2D eigenvalue weighted by Crippen LogP contribution is 2.48. The summed E-state index contributed by atoms with van der Waals surface area (Å²) in [6.45, 7) is 0. The van der Waals surface area contributed by atoms with Crippen molar-refractivity contribution in [1.29, 1.82) is 0 Å². The molecule has 1 aliphatic rings. The number of nitrogens with one attached hydrogen (secondary N) is 2. The fourth-order valence-electron chi connectivity index (χ4n) is 3.27. The van der Waals surface area contributed by atoms with Gasteiger partial charge in [0.05, 0.1) is 11.3 Å². The smallest absolute Gasteiger partial charge is 0.322 e. The Balaban J connectivity index is 1.68. The Morgan fingerprint density at radius 3 is 2.42 bits per heavy atom. The van der Waals surface area contributed by atoms with Gasteiger partial charge in [-0.25, -0.2) is 4.98 Å². The number of hydrogen-bond acceptors (Lipinski definition) is 4. The maximum absolute atomic E-state index is 14.2. The number of amides is 1. The van der Waals surface area contributed by atoms with Gasteiger partial charge in [0.15, 0.2) is 0 Å². The molecule has 0 radical (unpaired) electrons. The van der Waals surface area contributed by atoms with Crippen LogP contribution in [0.25, 0.3) is 5.70 Å². The lowest BCUT2D eigenvalue weighted by molar-refractivity contribution is -0.269. The number of pyridine rings is 1. The molecule has 0 aliphatic carbocycles. The molecule has 3 aromatic rings. The molecule has 11 heteroatoms. The van der Waals surface area contributed by atoms with Crippen LogP contribution >= 0.6 is 34.8 Å². The second-order valence-electron chi connectivity index (χ2n) is 7.03. The van der Waals surface area contributed by atoms with Crippen molar-refractivity contribution in [2.24, 2.45) is 0 Å². The Labute approximate surface area is 201 Å². The highest BCUT2D eigenvalue weighted by Gasteiger charge is 2.59. The molecule has 0 saturated heterocycles. The second-order valence-corrected chi connectivity index (χ2v) is 8.26. The van der Waals surface area contributed by atoms with E-state index in [2.05, 4.69) is 15.8 Å². The van der Waals surface area contributed by atoms with Gasteiger partial charge in [-0.1, -0.05) is 46.9 Å². The van der Waals surface area contributed by atoms with E-state index in [4.69, 9.17) is 39.6 Å². The Hall–Kier alpha value is -2.78. The fourth-order valence-corrected chi connectivity index (χ4v) is 4.00. The summed E-state index contributed by atoms with van der Waals surface area (Å²) in [6.07, 6.45) is -2.50. The van der Waals surface area contributed by atoms with E-state index in [9.17, 15) is 18.0 Å². The third kappa shape index (κ3) is 4.65. The number of hydrogen-bond donors (Lipinski definition) is 2. The maximum atomic E-state index is 14.2. The van der Waals surface area contributed by atoms with Crippen molar-refractivity contribution in [3.8, 4) is 0 Å². The van der Waals surface area contributed by atoms with E-state index in [0.29, 0.717) is 11.3 Å². The summed E-state index contributed by atoms with van der Waals surface area (Å²) in [4.78, 5) is 21.4. The number of carbonyl (C=O) groups excluding carboxylic acids is 1. The quantitative estimate of drug-likeness (QED) is 0.384. The first kappa shape index (κ1) is 23.4. The number of rotatable bonds is 4. The van der Waals surface area contributed by atoms with Gasteiger partial charge in [0.25, 0.3) is 5.91 Å². The van der Waals surface area contributed by atoms with E-state index in [1.807, 2.05) is 0 Å². The van der Waals surface area contributed by atoms with Crippen molar-refractivity contribution in [3.05, 3.63) is 98.8 Å². The number of anilines is 1. The van der Waals surface area contributed by atoms with Crippen LogP contribution in [-0.4, -0.2) is 17.1 Å². The molecule has 0 spiro atoms. The SMILES string of the molecule is O=C(Nc1cccc(C2=CC(c3cc(Cl)cc(Cl)c3)(C(F)(F)F)ON2)c1)c1cccnc1Cl. The molecule has 1 atom stereocenters. The van der Waals surface area contributed by atoms with Crippen molar-refractivity contribution in [3.63, 3.8) is 0 Å². The fraction of sp³-hybridized carbons (Fsp3) is 0.0909. The standard InChI is InChI=1S/C22H13Cl3F3N3O2/c23-14-8-13(9-15(24)10-14)21(22(26,27)28)11-18(31-33-21)12-3-1-4-16(7-12)30-20(32)17-5-2-6-29-19(17)25/h1-11,31H,(H,30,32). The molecular formula is C22H13Cl3F3N3O2. The molecule has 1 aliphatic heterocycles. The molecule has 4 rings (SSSR count). The molecule has 0 bridgehead atoms. The Morgan fingerprint density at radius 1 is 1.03 bits per heavy atom. The largest absolute Gasteiger partial charge is 0.428 e. The Bertz CT molecular complexity index is 1250. The van der Waals surface area contributed by atoms with Crippen LogP contribution in [0.5, 0.6) is 0 Å². The van der Waals surface area contributed by atoms with Crippen molar-refractivity contribution in [1.82, 2.24) is 10.5 Å². The predicted octanol–water partition coefficient (Wildman–Crippen LogP) is 6.63. The zero-order valence-electron chi connectivity index (χ0n) is 16.4. The topological polar surface area (TPSA) is 63.2 Å². The van der Waals surface area contributed by atoms with Gasteiger partial charge in [-0.3, -0.25) is 15.1 Å². The third-order valence-corrected chi connectivity index (χ3v) is 5.55. The monoisotopic (exact) mass is 513 g/mol. The number of hydroxylamine groups is 1. The molecular weight excluding hydrogens is 502 g/mol. The van der Waals surface area contributed by atoms with Gasteiger partial charge in [-0.05, 0) is 48.5 Å². The van der Waals surface area contributed by atoms with Crippen LogP contribution in [0.3, 0.4) is 0 Å². The van der Waals surface area contributed by atoms with Gasteiger partial charge in [0.1, 0.15) is 5.15 Å². The lowest BCUT2D eigenvalue weighted by Crippen LogP contribution is -2.42. The average molecular weight is 515 g/mol. The number of aromatic nitrogens is 1. The van der Waals surface area contributed by atoms with Gasteiger partial charge in [0, 0.05) is 33.1 Å². The summed E-state index contributed by atoms with van der Waals surface area (Å²) < 4.78 is 42.5. The first-order chi connectivity index (χ1) is 15.6. The predicted molar refractivity (Wildman–Crippen MR) is 120 cm³/mol. The third-order valence-electron chi connectivity index (χ3n) is 4.82. The maximum Gasteiger partial charge on any atom is 0.428 e. The van der Waals surface area contributed by atoms with E-state index in [0.717, 1.165) is 18.2 Å². The van der Waals surface area contributed by atoms with Crippen LogP contribution in [0.2, 0.25) is 15.2 Å². The summed E-state index contributed by atoms with van der Waals surface area (Å²) >= 11 is 17.8. The van der Waals surface area contributed by atoms with Gasteiger partial charge in [-0.2, -0.15) is 13.2 Å². The van der Waals surface area contributed by atoms with Crippen LogP contribution in [0.15, 0.2) is 66.9 Å². The number of benzene rings is 2. The normalized spacial score (nSPS) is 17.9. The van der Waals surface area contributed by atoms with Gasteiger partial charge < -0.3 is 5.32 Å². The summed E-state index contributed by atoms with van der Waals surface area (Å²) in [7, 11) is 0. The second kappa shape index (κ2) is 8.87. The molecule has 0 saturated carbocycles. The highest BCUT2D eigenvalue weighted by atomic mass is 35.5. The van der Waals surface area contributed by atoms with E-state index >= 15 is 0 Å². The number of alkyl halides is 3. The molecule has 1 aromatic heterocycles. The molecule has 1 amide bonds. The lowest BCUT2D eigenvalue weighted by atomic mass is 9.91. The minimum absolute atomic E-state index is 0.0230. The van der Waals surface area contributed by atoms with Crippen LogP contribution in [0, 0.1) is 0 Å². The van der Waals surface area contributed by atoms with Crippen LogP contribution in [0.1, 0.15) is 21.5 Å². The zero-order valence-corrected chi connectivity index (χ0v) is 18.7. The Morgan fingerprint density at radius 2 is 1.76 bits per heavy atom. The molecule has 1 unspecified atom stereocenters. The van der Waals surface area contributed by atoms with E-state index < -0.39 is 17.7 Å². The van der Waals surface area contributed by atoms with E-state index in [1.54, 1.807) is 24.3 Å². The van der Waals surface area contributed by atoms with Crippen molar-refractivity contribution in [2.75, 3.05) is 5.32 Å². The first-order valence-corrected chi connectivity index (χ1v) is 10.4. The van der Waals surface area contributed by atoms with Crippen molar-refractivity contribution < 1.29 is 22.8 Å². The molecule has 5 nitrogen and oxygen atoms in total. The summed E-state index contributed by atoms with van der Waals surface area (Å²) in [5, 5.41) is 2.73. The van der Waals surface area contributed by atoms with Crippen LogP contribution < -0.4 is 10.8 Å². The lowest BCUT2D eigenvalue weighted by Gasteiger charge is -2.28. The van der Waals surface area contributed by atoms with Crippen molar-refractivity contribution in [2.45, 2.75) is 11.8 Å². The molecule has 2 aromatic carbocycles. The minimum Gasteiger partial charge on any atom is -0.322 e. The van der Waals surface area contributed by atoms with Crippen LogP contribution in [0.4, 0.5) is 18.9 Å². The van der Waals surface area contributed by atoms with Gasteiger partial charge in [0.2, 0.25) is 5.60 Å². The summed E-state index contributed by atoms with van der Waals surface area (Å²) in [5.74, 6) is -0.520. The van der Waals surface area contributed by atoms with Gasteiger partial charge >= 0.3 is 6.18 Å². The van der Waals surface area contributed by atoms with E-state index in [-0.39, 0.29) is 32.0 Å². The summed E-state index contributed by atoms with van der Waals surface area (Å²) in [6, 6.07) is 12.8. The highest BCUT2D eigenvalue weighted by molar-refractivity contribution is 6.34. The molecule has 0 fully saturated rings. The molecule has 33 heavy (non-hydrogen) atoms. The zero-order chi connectivity index (χ0) is 23.8. The van der Waals surface area contributed by atoms with Crippen molar-refractivity contribution >= 4 is 52.1 Å². The van der Waals surface area contributed by atoms with Gasteiger partial charge in [-0.15, -0.1) is 0 Å². The number of halogens is 6. The minimum atomic E-state index is -4.83.